The summed E-state index contributed by atoms with van der Waals surface area (Å²) in [4.78, 5) is 1.02. The average molecular weight is 310 g/mol. The number of halogens is 2. The van der Waals surface area contributed by atoms with Gasteiger partial charge in [-0.2, -0.15) is 0 Å². The predicted octanol–water partition coefficient (Wildman–Crippen LogP) is 4.92. The lowest BCUT2D eigenvalue weighted by atomic mass is 10.1. The van der Waals surface area contributed by atoms with Crippen molar-refractivity contribution in [2.24, 2.45) is 0 Å². The van der Waals surface area contributed by atoms with E-state index in [0.29, 0.717) is 5.56 Å². The van der Waals surface area contributed by atoms with Gasteiger partial charge in [-0.25, -0.2) is 4.39 Å². The van der Waals surface area contributed by atoms with Crippen LogP contribution in [0.4, 0.5) is 4.39 Å². The largest absolute Gasteiger partial charge is 0.309 e. The minimum atomic E-state index is -0.168. The lowest BCUT2D eigenvalue weighted by molar-refractivity contribution is 0.545. The highest BCUT2D eigenvalue weighted by Gasteiger charge is 2.15. The van der Waals surface area contributed by atoms with E-state index in [1.54, 1.807) is 17.8 Å². The van der Waals surface area contributed by atoms with Crippen LogP contribution in [-0.2, 0) is 0 Å². The van der Waals surface area contributed by atoms with Crippen molar-refractivity contribution in [2.45, 2.75) is 17.9 Å². The van der Waals surface area contributed by atoms with E-state index in [2.05, 4.69) is 5.32 Å². The summed E-state index contributed by atoms with van der Waals surface area (Å²) >= 11 is 7.78. The molecular formula is C16H17ClFNS. The Balaban J connectivity index is 2.11. The molecule has 0 aliphatic carbocycles. The van der Waals surface area contributed by atoms with Crippen molar-refractivity contribution in [3.63, 3.8) is 0 Å². The quantitative estimate of drug-likeness (QED) is 0.760. The molecule has 0 bridgehead atoms. The van der Waals surface area contributed by atoms with E-state index in [1.165, 1.54) is 6.07 Å². The first kappa shape index (κ1) is 15.4. The van der Waals surface area contributed by atoms with Crippen LogP contribution in [-0.4, -0.2) is 12.3 Å². The van der Waals surface area contributed by atoms with Crippen LogP contribution in [0.1, 0.15) is 18.5 Å². The van der Waals surface area contributed by atoms with Crippen molar-refractivity contribution in [2.75, 3.05) is 12.3 Å². The number of thioether (sulfide) groups is 1. The van der Waals surface area contributed by atoms with Crippen LogP contribution in [0.15, 0.2) is 53.4 Å². The Morgan fingerprint density at radius 1 is 1.15 bits per heavy atom. The zero-order chi connectivity index (χ0) is 14.4. The van der Waals surface area contributed by atoms with Crippen LogP contribution >= 0.6 is 23.4 Å². The lowest BCUT2D eigenvalue weighted by Gasteiger charge is -2.19. The van der Waals surface area contributed by atoms with Crippen LogP contribution in [0.5, 0.6) is 0 Å². The maximum atomic E-state index is 13.9. The van der Waals surface area contributed by atoms with Crippen LogP contribution in [0.25, 0.3) is 0 Å². The first-order valence-corrected chi connectivity index (χ1v) is 7.94. The van der Waals surface area contributed by atoms with Gasteiger partial charge >= 0.3 is 0 Å². The number of rotatable bonds is 6. The first-order valence-electron chi connectivity index (χ1n) is 6.57. The molecule has 1 nitrogen and oxygen atoms in total. The Morgan fingerprint density at radius 2 is 1.85 bits per heavy atom. The lowest BCUT2D eigenvalue weighted by Crippen LogP contribution is -2.23. The van der Waals surface area contributed by atoms with Gasteiger partial charge in [0.1, 0.15) is 5.82 Å². The highest BCUT2D eigenvalue weighted by molar-refractivity contribution is 7.99. The topological polar surface area (TPSA) is 12.0 Å². The van der Waals surface area contributed by atoms with E-state index < -0.39 is 0 Å². The fourth-order valence-corrected chi connectivity index (χ4v) is 3.32. The molecule has 20 heavy (non-hydrogen) atoms. The SMILES string of the molecule is CCNC(CSc1ccccc1Cl)c1ccccc1F. The van der Waals surface area contributed by atoms with Gasteiger partial charge < -0.3 is 5.32 Å². The molecule has 0 aliphatic rings. The fraction of sp³-hybridized carbons (Fsp3) is 0.250. The van der Waals surface area contributed by atoms with E-state index in [4.69, 9.17) is 11.6 Å². The van der Waals surface area contributed by atoms with Crippen LogP contribution in [0, 0.1) is 5.82 Å². The maximum absolute atomic E-state index is 13.9. The first-order chi connectivity index (χ1) is 9.72. The van der Waals surface area contributed by atoms with Crippen molar-refractivity contribution < 1.29 is 4.39 Å². The monoisotopic (exact) mass is 309 g/mol. The van der Waals surface area contributed by atoms with E-state index in [1.807, 2.05) is 43.3 Å². The molecule has 2 rings (SSSR count). The molecule has 1 atom stereocenters. The number of hydrogen-bond acceptors (Lipinski definition) is 2. The Morgan fingerprint density at radius 3 is 2.55 bits per heavy atom. The predicted molar refractivity (Wildman–Crippen MR) is 85.0 cm³/mol. The molecule has 106 valence electrons. The van der Waals surface area contributed by atoms with Crippen LogP contribution < -0.4 is 5.32 Å². The van der Waals surface area contributed by atoms with Crippen molar-refractivity contribution in [1.29, 1.82) is 0 Å². The van der Waals surface area contributed by atoms with Crippen molar-refractivity contribution in [1.82, 2.24) is 5.32 Å². The summed E-state index contributed by atoms with van der Waals surface area (Å²) < 4.78 is 13.9. The number of benzene rings is 2. The van der Waals surface area contributed by atoms with E-state index in [9.17, 15) is 4.39 Å². The highest BCUT2D eigenvalue weighted by Crippen LogP contribution is 2.30. The van der Waals surface area contributed by atoms with E-state index in [-0.39, 0.29) is 11.9 Å². The van der Waals surface area contributed by atoms with E-state index >= 15 is 0 Å². The standard InChI is InChI=1S/C16H17ClFNS/c1-2-19-15(12-7-3-5-9-14(12)18)11-20-16-10-6-4-8-13(16)17/h3-10,15,19H,2,11H2,1H3. The molecule has 4 heteroatoms. The molecule has 1 N–H and O–H groups in total. The number of hydrogen-bond donors (Lipinski definition) is 1. The minimum Gasteiger partial charge on any atom is -0.309 e. The molecule has 0 spiro atoms. The van der Waals surface area contributed by atoms with Gasteiger partial charge in [0.15, 0.2) is 0 Å². The molecule has 2 aromatic carbocycles. The third-order valence-corrected chi connectivity index (χ3v) is 4.58. The third kappa shape index (κ3) is 3.98. The van der Waals surface area contributed by atoms with Gasteiger partial charge in [-0.05, 0) is 24.7 Å². The average Bonchev–Trinajstić information content (AvgIpc) is 2.46. The van der Waals surface area contributed by atoms with Gasteiger partial charge in [-0.15, -0.1) is 11.8 Å². The van der Waals surface area contributed by atoms with Gasteiger partial charge in [0.25, 0.3) is 0 Å². The van der Waals surface area contributed by atoms with Crippen LogP contribution in [0.3, 0.4) is 0 Å². The summed E-state index contributed by atoms with van der Waals surface area (Å²) in [7, 11) is 0. The normalized spacial score (nSPS) is 12.3. The van der Waals surface area contributed by atoms with Gasteiger partial charge in [0, 0.05) is 22.3 Å². The Labute approximate surface area is 128 Å². The molecule has 0 saturated carbocycles. The van der Waals surface area contributed by atoms with Gasteiger partial charge in [0.2, 0.25) is 0 Å². The molecule has 0 fully saturated rings. The van der Waals surface area contributed by atoms with Gasteiger partial charge in [0.05, 0.1) is 5.02 Å². The molecule has 2 aromatic rings. The molecule has 0 heterocycles. The van der Waals surface area contributed by atoms with Gasteiger partial charge in [-0.3, -0.25) is 0 Å². The zero-order valence-corrected chi connectivity index (χ0v) is 12.8. The molecule has 0 radical (unpaired) electrons. The zero-order valence-electron chi connectivity index (χ0n) is 11.3. The summed E-state index contributed by atoms with van der Waals surface area (Å²) in [5.74, 6) is 0.566. The second-order valence-corrected chi connectivity index (χ2v) is 5.84. The van der Waals surface area contributed by atoms with Crippen molar-refractivity contribution in [3.05, 3.63) is 64.9 Å². The summed E-state index contributed by atoms with van der Waals surface area (Å²) in [6.45, 7) is 2.82. The second kappa shape index (κ2) is 7.67. The summed E-state index contributed by atoms with van der Waals surface area (Å²) in [5, 5.41) is 4.06. The molecule has 0 amide bonds. The Hall–Kier alpha value is -1.03. The third-order valence-electron chi connectivity index (χ3n) is 2.97. The molecule has 0 saturated heterocycles. The fourth-order valence-electron chi connectivity index (χ4n) is 2.00. The molecule has 0 aliphatic heterocycles. The minimum absolute atomic E-state index is 0.0255. The second-order valence-electron chi connectivity index (χ2n) is 4.37. The van der Waals surface area contributed by atoms with Crippen LogP contribution in [0.2, 0.25) is 5.02 Å². The summed E-state index contributed by atoms with van der Waals surface area (Å²) in [6, 6.07) is 14.6. The van der Waals surface area contributed by atoms with Gasteiger partial charge in [-0.1, -0.05) is 48.9 Å². The van der Waals surface area contributed by atoms with Crippen molar-refractivity contribution >= 4 is 23.4 Å². The smallest absolute Gasteiger partial charge is 0.128 e. The van der Waals surface area contributed by atoms with E-state index in [0.717, 1.165) is 22.2 Å². The Bertz CT molecular complexity index is 562. The summed E-state index contributed by atoms with van der Waals surface area (Å²) in [6.07, 6.45) is 0. The molecular weight excluding hydrogens is 293 g/mol. The molecule has 0 aromatic heterocycles. The number of nitrogens with one attached hydrogen (secondary N) is 1. The highest BCUT2D eigenvalue weighted by atomic mass is 35.5. The molecule has 1 unspecified atom stereocenters. The summed E-state index contributed by atoms with van der Waals surface area (Å²) in [5.41, 5.74) is 0.703. The maximum Gasteiger partial charge on any atom is 0.128 e. The van der Waals surface area contributed by atoms with Crippen molar-refractivity contribution in [3.8, 4) is 0 Å². The Kier molecular flexibility index (Phi) is 5.89.